The monoisotopic (exact) mass is 325 g/mol. The second-order valence-electron chi connectivity index (χ2n) is 6.15. The Morgan fingerprint density at radius 2 is 2.12 bits per heavy atom. The van der Waals surface area contributed by atoms with Crippen molar-refractivity contribution in [3.05, 3.63) is 47.5 Å². The molecule has 2 bridgehead atoms. The number of nitrogens with zero attached hydrogens (tertiary/aromatic N) is 3. The highest BCUT2D eigenvalue weighted by Gasteiger charge is 2.44. The molecule has 124 valence electrons. The molecule has 0 radical (unpaired) electrons. The topological polar surface area (TPSA) is 64.5 Å². The van der Waals surface area contributed by atoms with Gasteiger partial charge in [-0.3, -0.25) is 4.79 Å². The SMILES string of the molecule is COc1ccc(C(=O)N2C3CCC2c2cncnc2C3)c(OC)c1. The van der Waals surface area contributed by atoms with Crippen LogP contribution in [0.1, 0.15) is 40.5 Å². The molecule has 0 saturated carbocycles. The smallest absolute Gasteiger partial charge is 0.258 e. The summed E-state index contributed by atoms with van der Waals surface area (Å²) in [5.74, 6) is 1.20. The van der Waals surface area contributed by atoms with E-state index in [-0.39, 0.29) is 18.0 Å². The van der Waals surface area contributed by atoms with Crippen molar-refractivity contribution in [2.45, 2.75) is 31.3 Å². The Morgan fingerprint density at radius 3 is 2.92 bits per heavy atom. The molecule has 2 aromatic rings. The summed E-state index contributed by atoms with van der Waals surface area (Å²) in [6.07, 6.45) is 6.17. The number of aromatic nitrogens is 2. The van der Waals surface area contributed by atoms with Gasteiger partial charge in [0, 0.05) is 30.3 Å². The predicted octanol–water partition coefficient (Wildman–Crippen LogP) is 2.40. The first-order valence-electron chi connectivity index (χ1n) is 8.06. The maximum atomic E-state index is 13.2. The predicted molar refractivity (Wildman–Crippen MR) is 87.2 cm³/mol. The number of fused-ring (bicyclic) bond motifs is 4. The lowest BCUT2D eigenvalue weighted by Crippen LogP contribution is -2.42. The summed E-state index contributed by atoms with van der Waals surface area (Å²) >= 11 is 0. The Balaban J connectivity index is 1.71. The van der Waals surface area contributed by atoms with E-state index in [2.05, 4.69) is 9.97 Å². The zero-order valence-electron chi connectivity index (χ0n) is 13.7. The number of ether oxygens (including phenoxy) is 2. The van der Waals surface area contributed by atoms with Crippen LogP contribution < -0.4 is 9.47 Å². The van der Waals surface area contributed by atoms with Gasteiger partial charge in [0.15, 0.2) is 0 Å². The quantitative estimate of drug-likeness (QED) is 0.867. The minimum absolute atomic E-state index is 0.00324. The van der Waals surface area contributed by atoms with Crippen LogP contribution in [0.3, 0.4) is 0 Å². The summed E-state index contributed by atoms with van der Waals surface area (Å²) in [6.45, 7) is 0. The van der Waals surface area contributed by atoms with Crippen LogP contribution in [0, 0.1) is 0 Å². The molecule has 3 heterocycles. The van der Waals surface area contributed by atoms with Gasteiger partial charge >= 0.3 is 0 Å². The summed E-state index contributed by atoms with van der Waals surface area (Å²) in [7, 11) is 3.16. The van der Waals surface area contributed by atoms with Crippen LogP contribution in [0.5, 0.6) is 11.5 Å². The maximum absolute atomic E-state index is 13.2. The molecule has 1 amide bonds. The van der Waals surface area contributed by atoms with Gasteiger partial charge < -0.3 is 14.4 Å². The number of carbonyl (C=O) groups excluding carboxylic acids is 1. The molecule has 4 rings (SSSR count). The molecule has 2 atom stereocenters. The zero-order valence-corrected chi connectivity index (χ0v) is 13.7. The van der Waals surface area contributed by atoms with Crippen LogP contribution in [0.4, 0.5) is 0 Å². The summed E-state index contributed by atoms with van der Waals surface area (Å²) in [5.41, 5.74) is 2.71. The average molecular weight is 325 g/mol. The fourth-order valence-corrected chi connectivity index (χ4v) is 3.85. The second-order valence-corrected chi connectivity index (χ2v) is 6.15. The van der Waals surface area contributed by atoms with Crippen molar-refractivity contribution in [1.29, 1.82) is 0 Å². The standard InChI is InChI=1S/C18H19N3O3/c1-23-12-4-5-13(17(8-12)24-2)18(22)21-11-3-6-16(21)14-9-19-10-20-15(14)7-11/h4-5,8-11,16H,3,6-7H2,1-2H3. The largest absolute Gasteiger partial charge is 0.497 e. The Labute approximate surface area is 140 Å². The maximum Gasteiger partial charge on any atom is 0.258 e. The third-order valence-corrected chi connectivity index (χ3v) is 4.99. The summed E-state index contributed by atoms with van der Waals surface area (Å²) < 4.78 is 10.6. The Morgan fingerprint density at radius 1 is 1.25 bits per heavy atom. The molecule has 2 aliphatic heterocycles. The number of benzene rings is 1. The van der Waals surface area contributed by atoms with Crippen LogP contribution in [0.25, 0.3) is 0 Å². The van der Waals surface area contributed by atoms with E-state index >= 15 is 0 Å². The number of amides is 1. The van der Waals surface area contributed by atoms with Crippen molar-refractivity contribution in [3.8, 4) is 11.5 Å². The number of rotatable bonds is 3. The van der Waals surface area contributed by atoms with Gasteiger partial charge in [0.25, 0.3) is 5.91 Å². The van der Waals surface area contributed by atoms with Crippen LogP contribution in [0.2, 0.25) is 0 Å². The highest BCUT2D eigenvalue weighted by Crippen LogP contribution is 2.44. The number of carbonyl (C=O) groups is 1. The molecule has 2 aliphatic rings. The lowest BCUT2D eigenvalue weighted by molar-refractivity contribution is 0.0640. The third kappa shape index (κ3) is 2.21. The van der Waals surface area contributed by atoms with Gasteiger partial charge in [0.2, 0.25) is 0 Å². The number of hydrogen-bond donors (Lipinski definition) is 0. The molecule has 6 nitrogen and oxygen atoms in total. The van der Waals surface area contributed by atoms with Gasteiger partial charge in [0.1, 0.15) is 17.8 Å². The van der Waals surface area contributed by atoms with E-state index in [0.29, 0.717) is 17.1 Å². The van der Waals surface area contributed by atoms with E-state index in [1.807, 2.05) is 11.1 Å². The van der Waals surface area contributed by atoms with Crippen molar-refractivity contribution in [3.63, 3.8) is 0 Å². The van der Waals surface area contributed by atoms with Gasteiger partial charge in [-0.05, 0) is 25.0 Å². The van der Waals surface area contributed by atoms with Crippen molar-refractivity contribution in [1.82, 2.24) is 14.9 Å². The molecule has 24 heavy (non-hydrogen) atoms. The van der Waals surface area contributed by atoms with Crippen LogP contribution in [-0.4, -0.2) is 41.0 Å². The number of hydrogen-bond acceptors (Lipinski definition) is 5. The van der Waals surface area contributed by atoms with E-state index in [0.717, 1.165) is 30.5 Å². The highest BCUT2D eigenvalue weighted by molar-refractivity contribution is 5.98. The van der Waals surface area contributed by atoms with Crippen molar-refractivity contribution in [2.75, 3.05) is 14.2 Å². The van der Waals surface area contributed by atoms with Gasteiger partial charge in [-0.1, -0.05) is 0 Å². The van der Waals surface area contributed by atoms with E-state index in [1.54, 1.807) is 38.7 Å². The van der Waals surface area contributed by atoms with Gasteiger partial charge in [-0.2, -0.15) is 0 Å². The van der Waals surface area contributed by atoms with Crippen LogP contribution >= 0.6 is 0 Å². The van der Waals surface area contributed by atoms with E-state index in [1.165, 1.54) is 0 Å². The van der Waals surface area contributed by atoms with Gasteiger partial charge in [-0.25, -0.2) is 9.97 Å². The van der Waals surface area contributed by atoms with E-state index < -0.39 is 0 Å². The van der Waals surface area contributed by atoms with Crippen LogP contribution in [-0.2, 0) is 6.42 Å². The average Bonchev–Trinajstić information content (AvgIpc) is 2.95. The molecule has 1 saturated heterocycles. The molecule has 1 aromatic carbocycles. The van der Waals surface area contributed by atoms with Crippen molar-refractivity contribution in [2.24, 2.45) is 0 Å². The fourth-order valence-electron chi connectivity index (χ4n) is 3.85. The second kappa shape index (κ2) is 5.78. The fraction of sp³-hybridized carbons (Fsp3) is 0.389. The summed E-state index contributed by atoms with van der Waals surface area (Å²) in [6, 6.07) is 5.56. The molecule has 0 aliphatic carbocycles. The number of methoxy groups -OCH3 is 2. The first-order chi connectivity index (χ1) is 11.7. The van der Waals surface area contributed by atoms with Crippen molar-refractivity contribution < 1.29 is 14.3 Å². The first kappa shape index (κ1) is 14.9. The van der Waals surface area contributed by atoms with Gasteiger partial charge in [-0.15, -0.1) is 0 Å². The lowest BCUT2D eigenvalue weighted by Gasteiger charge is -2.35. The molecular formula is C18H19N3O3. The van der Waals surface area contributed by atoms with E-state index in [4.69, 9.17) is 9.47 Å². The summed E-state index contributed by atoms with van der Waals surface area (Å²) in [4.78, 5) is 23.7. The van der Waals surface area contributed by atoms with Crippen LogP contribution in [0.15, 0.2) is 30.7 Å². The summed E-state index contributed by atoms with van der Waals surface area (Å²) in [5, 5.41) is 0. The Bertz CT molecular complexity index is 793. The zero-order chi connectivity index (χ0) is 16.7. The minimum atomic E-state index is -0.00324. The molecule has 2 unspecified atom stereocenters. The lowest BCUT2D eigenvalue weighted by atomic mass is 9.98. The Kier molecular flexibility index (Phi) is 3.59. The van der Waals surface area contributed by atoms with E-state index in [9.17, 15) is 4.79 Å². The minimum Gasteiger partial charge on any atom is -0.497 e. The Hall–Kier alpha value is -2.63. The molecule has 1 fully saturated rings. The van der Waals surface area contributed by atoms with Gasteiger partial charge in [0.05, 0.1) is 31.5 Å². The molecule has 1 aromatic heterocycles. The molecule has 0 spiro atoms. The third-order valence-electron chi connectivity index (χ3n) is 4.99. The highest BCUT2D eigenvalue weighted by atomic mass is 16.5. The first-order valence-corrected chi connectivity index (χ1v) is 8.06. The molecular weight excluding hydrogens is 306 g/mol. The molecule has 0 N–H and O–H groups in total. The molecule has 6 heteroatoms. The normalized spacial score (nSPS) is 21.3. The van der Waals surface area contributed by atoms with Crippen molar-refractivity contribution >= 4 is 5.91 Å².